The highest BCUT2D eigenvalue weighted by molar-refractivity contribution is 7.93. The van der Waals surface area contributed by atoms with Crippen molar-refractivity contribution in [1.82, 2.24) is 0 Å². The summed E-state index contributed by atoms with van der Waals surface area (Å²) < 4.78 is 32.0. The van der Waals surface area contributed by atoms with Crippen LogP contribution in [0.15, 0.2) is 35.2 Å². The van der Waals surface area contributed by atoms with Gasteiger partial charge >= 0.3 is 0 Å². The van der Waals surface area contributed by atoms with Crippen molar-refractivity contribution in [3.63, 3.8) is 0 Å². The summed E-state index contributed by atoms with van der Waals surface area (Å²) in [6, 6.07) is 8.12. The summed E-state index contributed by atoms with van der Waals surface area (Å²) in [5.74, 6) is -0.345. The van der Waals surface area contributed by atoms with E-state index >= 15 is 0 Å². The lowest BCUT2D eigenvalue weighted by Crippen LogP contribution is -2.48. The van der Waals surface area contributed by atoms with Crippen LogP contribution in [0.5, 0.6) is 0 Å². The largest absolute Gasteiger partial charge is 0.352 e. The van der Waals surface area contributed by atoms with Crippen LogP contribution in [0.4, 0.5) is 0 Å². The van der Waals surface area contributed by atoms with E-state index in [-0.39, 0.29) is 30.1 Å². The molecule has 0 spiro atoms. The number of ketones is 1. The molecule has 0 fully saturated rings. The SMILES string of the molecule is CCCCCOC(CC)(C(=O)CCC)S(=O)(=O)c1ccccc1. The van der Waals surface area contributed by atoms with Gasteiger partial charge in [0.25, 0.3) is 0 Å². The van der Waals surface area contributed by atoms with Gasteiger partial charge < -0.3 is 4.74 Å². The zero-order chi connectivity index (χ0) is 17.3. The van der Waals surface area contributed by atoms with Crippen molar-refractivity contribution in [2.24, 2.45) is 0 Å². The number of hydrogen-bond acceptors (Lipinski definition) is 4. The Morgan fingerprint density at radius 1 is 1.04 bits per heavy atom. The molecule has 0 heterocycles. The maximum absolute atomic E-state index is 13.1. The molecule has 0 bridgehead atoms. The number of hydrogen-bond donors (Lipinski definition) is 0. The normalized spacial score (nSPS) is 14.4. The quantitative estimate of drug-likeness (QED) is 0.568. The topological polar surface area (TPSA) is 60.4 Å². The molecule has 1 unspecified atom stereocenters. The number of carbonyl (C=O) groups is 1. The van der Waals surface area contributed by atoms with E-state index in [1.807, 2.05) is 6.92 Å². The van der Waals surface area contributed by atoms with Crippen molar-refractivity contribution < 1.29 is 17.9 Å². The van der Waals surface area contributed by atoms with Crippen LogP contribution in [0.2, 0.25) is 0 Å². The average Bonchev–Trinajstić information content (AvgIpc) is 2.56. The van der Waals surface area contributed by atoms with Crippen molar-refractivity contribution in [2.75, 3.05) is 6.61 Å². The van der Waals surface area contributed by atoms with Gasteiger partial charge in [-0.25, -0.2) is 8.42 Å². The van der Waals surface area contributed by atoms with Gasteiger partial charge in [0.05, 0.1) is 4.90 Å². The summed E-state index contributed by atoms with van der Waals surface area (Å²) in [4.78, 5) is 11.1. The second kappa shape index (κ2) is 9.18. The van der Waals surface area contributed by atoms with E-state index in [4.69, 9.17) is 4.74 Å². The lowest BCUT2D eigenvalue weighted by Gasteiger charge is -2.31. The van der Waals surface area contributed by atoms with Gasteiger partial charge in [0, 0.05) is 13.0 Å². The molecule has 0 saturated heterocycles. The van der Waals surface area contributed by atoms with Gasteiger partial charge in [-0.2, -0.15) is 0 Å². The number of benzene rings is 1. The Morgan fingerprint density at radius 3 is 2.22 bits per heavy atom. The molecular weight excluding hydrogens is 312 g/mol. The van der Waals surface area contributed by atoms with E-state index in [1.165, 1.54) is 12.1 Å². The zero-order valence-electron chi connectivity index (χ0n) is 14.4. The van der Waals surface area contributed by atoms with Crippen molar-refractivity contribution in [3.8, 4) is 0 Å². The minimum atomic E-state index is -3.89. The first-order valence-corrected chi connectivity index (χ1v) is 9.91. The van der Waals surface area contributed by atoms with Crippen LogP contribution in [0.1, 0.15) is 59.3 Å². The molecular formula is C18H28O4S. The van der Waals surface area contributed by atoms with Crippen LogP contribution in [-0.2, 0) is 19.4 Å². The molecule has 130 valence electrons. The molecule has 1 rings (SSSR count). The fourth-order valence-electron chi connectivity index (χ4n) is 2.59. The van der Waals surface area contributed by atoms with Gasteiger partial charge in [-0.15, -0.1) is 0 Å². The fourth-order valence-corrected chi connectivity index (χ4v) is 4.51. The fraction of sp³-hybridized carbons (Fsp3) is 0.611. The minimum Gasteiger partial charge on any atom is -0.352 e. The van der Waals surface area contributed by atoms with Gasteiger partial charge in [0.2, 0.25) is 14.8 Å². The average molecular weight is 340 g/mol. The first-order chi connectivity index (χ1) is 11.0. The Balaban J connectivity index is 3.23. The van der Waals surface area contributed by atoms with Gasteiger partial charge in [-0.3, -0.25) is 4.79 Å². The highest BCUT2D eigenvalue weighted by atomic mass is 32.2. The van der Waals surface area contributed by atoms with E-state index in [9.17, 15) is 13.2 Å². The second-order valence-corrected chi connectivity index (χ2v) is 7.79. The Hall–Kier alpha value is -1.20. The minimum absolute atomic E-state index is 0.120. The highest BCUT2D eigenvalue weighted by Gasteiger charge is 2.50. The third-order valence-corrected chi connectivity index (χ3v) is 6.33. The van der Waals surface area contributed by atoms with Gasteiger partial charge in [-0.05, 0) is 31.4 Å². The summed E-state index contributed by atoms with van der Waals surface area (Å²) in [6.07, 6.45) is 3.64. The molecule has 23 heavy (non-hydrogen) atoms. The number of sulfone groups is 1. The molecule has 0 saturated carbocycles. The van der Waals surface area contributed by atoms with E-state index in [1.54, 1.807) is 25.1 Å². The first-order valence-electron chi connectivity index (χ1n) is 8.43. The summed E-state index contributed by atoms with van der Waals surface area (Å²) in [5.41, 5.74) is 0. The van der Waals surface area contributed by atoms with Gasteiger partial charge in [0.15, 0.2) is 5.78 Å². The molecule has 5 heteroatoms. The highest BCUT2D eigenvalue weighted by Crippen LogP contribution is 2.33. The molecule has 1 aromatic rings. The lowest BCUT2D eigenvalue weighted by atomic mass is 10.1. The summed E-state index contributed by atoms with van der Waals surface area (Å²) in [6.45, 7) is 5.91. The third-order valence-electron chi connectivity index (χ3n) is 3.94. The van der Waals surface area contributed by atoms with Crippen LogP contribution in [0, 0.1) is 0 Å². The van der Waals surface area contributed by atoms with Crippen LogP contribution in [0.25, 0.3) is 0 Å². The van der Waals surface area contributed by atoms with Crippen molar-refractivity contribution in [3.05, 3.63) is 30.3 Å². The lowest BCUT2D eigenvalue weighted by molar-refractivity contribution is -0.135. The molecule has 0 radical (unpaired) electrons. The summed E-state index contributed by atoms with van der Waals surface area (Å²) in [7, 11) is -3.89. The standard InChI is InChI=1S/C18H28O4S/c1-4-7-11-15-22-18(6-3,17(19)12-5-2)23(20,21)16-13-9-8-10-14-16/h8-10,13-14H,4-7,11-12,15H2,1-3H3. The first kappa shape index (κ1) is 19.8. The van der Waals surface area contributed by atoms with E-state index in [0.717, 1.165) is 19.3 Å². The van der Waals surface area contributed by atoms with Gasteiger partial charge in [-0.1, -0.05) is 51.8 Å². The Bertz CT molecular complexity index is 580. The number of unbranched alkanes of at least 4 members (excludes halogenated alkanes) is 2. The number of rotatable bonds is 11. The van der Waals surface area contributed by atoms with Crippen LogP contribution in [-0.4, -0.2) is 25.7 Å². The van der Waals surface area contributed by atoms with E-state index in [0.29, 0.717) is 6.42 Å². The monoisotopic (exact) mass is 340 g/mol. The van der Waals surface area contributed by atoms with Crippen LogP contribution in [0.3, 0.4) is 0 Å². The molecule has 0 aliphatic carbocycles. The maximum Gasteiger partial charge on any atom is 0.231 e. The second-order valence-electron chi connectivity index (χ2n) is 5.65. The molecule has 4 nitrogen and oxygen atoms in total. The Kier molecular flexibility index (Phi) is 7.92. The third kappa shape index (κ3) is 4.42. The molecule has 0 N–H and O–H groups in total. The molecule has 0 aliphatic rings. The zero-order valence-corrected chi connectivity index (χ0v) is 15.2. The van der Waals surface area contributed by atoms with E-state index in [2.05, 4.69) is 6.92 Å². The van der Waals surface area contributed by atoms with Gasteiger partial charge in [0.1, 0.15) is 0 Å². The van der Waals surface area contributed by atoms with E-state index < -0.39 is 14.8 Å². The van der Waals surface area contributed by atoms with Crippen LogP contribution < -0.4 is 0 Å². The maximum atomic E-state index is 13.1. The number of Topliss-reactive ketones (excluding diaryl/α,β-unsaturated/α-hetero) is 1. The smallest absolute Gasteiger partial charge is 0.231 e. The molecule has 0 aromatic heterocycles. The molecule has 0 amide bonds. The number of ether oxygens (including phenoxy) is 1. The number of carbonyl (C=O) groups excluding carboxylic acids is 1. The molecule has 1 aromatic carbocycles. The molecule has 1 atom stereocenters. The van der Waals surface area contributed by atoms with Crippen molar-refractivity contribution >= 4 is 15.6 Å². The predicted octanol–water partition coefficient (Wildman–Crippen LogP) is 4.14. The van der Waals surface area contributed by atoms with Crippen LogP contribution >= 0.6 is 0 Å². The predicted molar refractivity (Wildman–Crippen MR) is 92.0 cm³/mol. The summed E-state index contributed by atoms with van der Waals surface area (Å²) >= 11 is 0. The summed E-state index contributed by atoms with van der Waals surface area (Å²) in [5, 5.41) is 0. The Morgan fingerprint density at radius 2 is 1.70 bits per heavy atom. The Labute approximate surface area is 140 Å². The van der Waals surface area contributed by atoms with Crippen molar-refractivity contribution in [1.29, 1.82) is 0 Å². The molecule has 0 aliphatic heterocycles. The van der Waals surface area contributed by atoms with Crippen molar-refractivity contribution in [2.45, 2.75) is 69.1 Å².